The lowest BCUT2D eigenvalue weighted by atomic mass is 10.2. The van der Waals surface area contributed by atoms with Gasteiger partial charge in [0.2, 0.25) is 5.95 Å². The lowest BCUT2D eigenvalue weighted by Crippen LogP contribution is -2.37. The van der Waals surface area contributed by atoms with Crippen molar-refractivity contribution in [2.24, 2.45) is 0 Å². The topological polar surface area (TPSA) is 99.3 Å². The normalized spacial score (nSPS) is 22.3. The molecule has 2 heterocycles. The summed E-state index contributed by atoms with van der Waals surface area (Å²) in [5, 5.41) is 18.1. The van der Waals surface area contributed by atoms with Crippen molar-refractivity contribution in [3.05, 3.63) is 17.5 Å². The summed E-state index contributed by atoms with van der Waals surface area (Å²) in [4.78, 5) is 21.1. The van der Waals surface area contributed by atoms with E-state index in [-0.39, 0.29) is 17.7 Å². The van der Waals surface area contributed by atoms with E-state index >= 15 is 0 Å². The summed E-state index contributed by atoms with van der Waals surface area (Å²) in [7, 11) is 1.55. The molecule has 19 heavy (non-hydrogen) atoms. The number of ether oxygens (including phenoxy) is 1. The Morgan fingerprint density at radius 1 is 1.63 bits per heavy atom. The number of hydrogen-bond donors (Lipinski definition) is 1. The zero-order chi connectivity index (χ0) is 14.0. The Balaban J connectivity index is 2.36. The number of nitrogens with zero attached hydrogens (tertiary/aromatic N) is 4. The minimum Gasteiger partial charge on any atom is -0.480 e. The van der Waals surface area contributed by atoms with Crippen molar-refractivity contribution < 1.29 is 14.6 Å². The number of carboxylic acids is 1. The summed E-state index contributed by atoms with van der Waals surface area (Å²) in [6.07, 6.45) is 0.209. The third-order valence-corrected chi connectivity index (χ3v) is 3.09. The summed E-state index contributed by atoms with van der Waals surface area (Å²) in [5.41, 5.74) is 0.860. The first kappa shape index (κ1) is 13.2. The number of aliphatic carboxylic acids is 1. The molecule has 100 valence electrons. The van der Waals surface area contributed by atoms with E-state index in [0.717, 1.165) is 0 Å². The van der Waals surface area contributed by atoms with E-state index in [1.54, 1.807) is 25.0 Å². The van der Waals surface area contributed by atoms with Crippen LogP contribution in [-0.4, -0.2) is 46.8 Å². The van der Waals surface area contributed by atoms with Gasteiger partial charge < -0.3 is 14.7 Å². The van der Waals surface area contributed by atoms with Crippen molar-refractivity contribution >= 4 is 11.9 Å². The van der Waals surface area contributed by atoms with Gasteiger partial charge >= 0.3 is 5.97 Å². The zero-order valence-corrected chi connectivity index (χ0v) is 10.7. The van der Waals surface area contributed by atoms with Crippen LogP contribution in [0, 0.1) is 18.3 Å². The highest BCUT2D eigenvalue weighted by molar-refractivity contribution is 5.78. The first-order valence-corrected chi connectivity index (χ1v) is 5.83. The van der Waals surface area contributed by atoms with E-state index in [2.05, 4.69) is 9.97 Å². The molecule has 0 bridgehead atoms. The van der Waals surface area contributed by atoms with E-state index < -0.39 is 12.0 Å². The number of aryl methyl sites for hydroxylation is 1. The largest absolute Gasteiger partial charge is 0.480 e. The second-order valence-corrected chi connectivity index (χ2v) is 4.41. The Morgan fingerprint density at radius 3 is 2.95 bits per heavy atom. The molecule has 2 atom stereocenters. The summed E-state index contributed by atoms with van der Waals surface area (Å²) < 4.78 is 5.20. The molecule has 1 aliphatic rings. The van der Waals surface area contributed by atoms with Gasteiger partial charge in [-0.15, -0.1) is 0 Å². The monoisotopic (exact) mass is 262 g/mol. The first-order valence-electron chi connectivity index (χ1n) is 5.83. The minimum absolute atomic E-state index is 0.171. The fourth-order valence-electron chi connectivity index (χ4n) is 2.16. The van der Waals surface area contributed by atoms with E-state index in [1.165, 1.54) is 0 Å². The SMILES string of the molecule is COC1CC(C(=O)O)N(c2nc(C)cc(C#N)n2)C1. The van der Waals surface area contributed by atoms with Crippen LogP contribution in [0.15, 0.2) is 6.07 Å². The highest BCUT2D eigenvalue weighted by Gasteiger charge is 2.38. The van der Waals surface area contributed by atoms with Crippen LogP contribution in [0.3, 0.4) is 0 Å². The summed E-state index contributed by atoms with van der Waals surface area (Å²) in [6.45, 7) is 2.15. The Labute approximate surface area is 110 Å². The van der Waals surface area contributed by atoms with Gasteiger partial charge in [0.25, 0.3) is 0 Å². The van der Waals surface area contributed by atoms with Crippen LogP contribution in [0.25, 0.3) is 0 Å². The van der Waals surface area contributed by atoms with Crippen LogP contribution < -0.4 is 4.90 Å². The third kappa shape index (κ3) is 2.63. The van der Waals surface area contributed by atoms with E-state index in [9.17, 15) is 9.90 Å². The standard InChI is InChI=1S/C12H14N4O3/c1-7-3-8(5-13)15-12(14-7)16-6-9(19-2)4-10(16)11(17)18/h3,9-10H,4,6H2,1-2H3,(H,17,18). The number of aromatic nitrogens is 2. The second kappa shape index (κ2) is 5.20. The highest BCUT2D eigenvalue weighted by Crippen LogP contribution is 2.25. The van der Waals surface area contributed by atoms with E-state index in [4.69, 9.17) is 10.00 Å². The molecule has 2 rings (SSSR count). The van der Waals surface area contributed by atoms with Crippen LogP contribution >= 0.6 is 0 Å². The quantitative estimate of drug-likeness (QED) is 0.838. The number of hydrogen-bond acceptors (Lipinski definition) is 6. The molecule has 0 aromatic carbocycles. The lowest BCUT2D eigenvalue weighted by Gasteiger charge is -2.21. The van der Waals surface area contributed by atoms with Gasteiger partial charge in [-0.3, -0.25) is 0 Å². The van der Waals surface area contributed by atoms with Gasteiger partial charge in [0.1, 0.15) is 17.8 Å². The predicted molar refractivity (Wildman–Crippen MR) is 65.7 cm³/mol. The maximum absolute atomic E-state index is 11.3. The zero-order valence-electron chi connectivity index (χ0n) is 10.7. The van der Waals surface area contributed by atoms with Gasteiger partial charge in [0, 0.05) is 25.8 Å². The smallest absolute Gasteiger partial charge is 0.326 e. The maximum atomic E-state index is 11.3. The fraction of sp³-hybridized carbons (Fsp3) is 0.500. The molecular formula is C12H14N4O3. The van der Waals surface area contributed by atoms with Crippen molar-refractivity contribution in [2.75, 3.05) is 18.6 Å². The molecule has 0 amide bonds. The van der Waals surface area contributed by atoms with Crippen molar-refractivity contribution in [2.45, 2.75) is 25.5 Å². The average molecular weight is 262 g/mol. The molecule has 1 N–H and O–H groups in total. The number of nitriles is 1. The molecule has 0 spiro atoms. The van der Waals surface area contributed by atoms with Gasteiger partial charge in [0.15, 0.2) is 0 Å². The summed E-state index contributed by atoms with van der Waals surface area (Å²) in [6, 6.07) is 2.78. The maximum Gasteiger partial charge on any atom is 0.326 e. The average Bonchev–Trinajstić information content (AvgIpc) is 2.82. The molecule has 7 nitrogen and oxygen atoms in total. The fourth-order valence-corrected chi connectivity index (χ4v) is 2.16. The molecule has 1 aromatic heterocycles. The Kier molecular flexibility index (Phi) is 3.62. The molecule has 0 saturated carbocycles. The molecule has 1 aromatic rings. The van der Waals surface area contributed by atoms with Crippen LogP contribution in [0.1, 0.15) is 17.8 Å². The molecule has 1 fully saturated rings. The van der Waals surface area contributed by atoms with Crippen LogP contribution in [0.4, 0.5) is 5.95 Å². The van der Waals surface area contributed by atoms with Crippen molar-refractivity contribution in [3.8, 4) is 6.07 Å². The Morgan fingerprint density at radius 2 is 2.37 bits per heavy atom. The van der Waals surface area contributed by atoms with E-state index in [1.807, 2.05) is 6.07 Å². The molecule has 2 unspecified atom stereocenters. The van der Waals surface area contributed by atoms with Crippen LogP contribution in [0.2, 0.25) is 0 Å². The van der Waals surface area contributed by atoms with Crippen molar-refractivity contribution in [1.29, 1.82) is 5.26 Å². The lowest BCUT2D eigenvalue weighted by molar-refractivity contribution is -0.138. The second-order valence-electron chi connectivity index (χ2n) is 4.41. The number of carbonyl (C=O) groups is 1. The Hall–Kier alpha value is -2.20. The van der Waals surface area contributed by atoms with Gasteiger partial charge in [-0.05, 0) is 13.0 Å². The number of rotatable bonds is 3. The van der Waals surface area contributed by atoms with Crippen LogP contribution in [-0.2, 0) is 9.53 Å². The highest BCUT2D eigenvalue weighted by atomic mass is 16.5. The first-order chi connectivity index (χ1) is 9.05. The van der Waals surface area contributed by atoms with Crippen LogP contribution in [0.5, 0.6) is 0 Å². The third-order valence-electron chi connectivity index (χ3n) is 3.09. The molecule has 1 saturated heterocycles. The summed E-state index contributed by atoms with van der Waals surface area (Å²) in [5.74, 6) is -0.674. The Bertz CT molecular complexity index is 540. The number of carboxylic acid groups (broad SMARTS) is 1. The van der Waals surface area contributed by atoms with Gasteiger partial charge in [-0.1, -0.05) is 0 Å². The van der Waals surface area contributed by atoms with Crippen molar-refractivity contribution in [1.82, 2.24) is 9.97 Å². The predicted octanol–water partition coefficient (Wildman–Crippen LogP) is 0.335. The number of methoxy groups -OCH3 is 1. The summed E-state index contributed by atoms with van der Waals surface area (Å²) >= 11 is 0. The van der Waals surface area contributed by atoms with Gasteiger partial charge in [-0.25, -0.2) is 14.8 Å². The minimum atomic E-state index is -0.942. The molecule has 1 aliphatic heterocycles. The molecular weight excluding hydrogens is 248 g/mol. The van der Waals surface area contributed by atoms with Crippen molar-refractivity contribution in [3.63, 3.8) is 0 Å². The van der Waals surface area contributed by atoms with Gasteiger partial charge in [-0.2, -0.15) is 5.26 Å². The van der Waals surface area contributed by atoms with Gasteiger partial charge in [0.05, 0.1) is 6.10 Å². The molecule has 0 aliphatic carbocycles. The van der Waals surface area contributed by atoms with E-state index in [0.29, 0.717) is 18.7 Å². The molecule has 7 heteroatoms. The molecule has 0 radical (unpaired) electrons. The number of anilines is 1.